The minimum absolute atomic E-state index is 0. The number of nitrogens with zero attached hydrogens (tertiary/aromatic N) is 2. The van der Waals surface area contributed by atoms with Crippen molar-refractivity contribution >= 4 is 19.1 Å². The fourth-order valence-corrected chi connectivity index (χ4v) is 2.25. The zero-order chi connectivity index (χ0) is 24.5. The van der Waals surface area contributed by atoms with Gasteiger partial charge in [0.05, 0.1) is 0 Å². The summed E-state index contributed by atoms with van der Waals surface area (Å²) in [5.74, 6) is 0. The van der Waals surface area contributed by atoms with Gasteiger partial charge in [0, 0.05) is 0 Å². The van der Waals surface area contributed by atoms with Gasteiger partial charge in [-0.05, 0) is 41.3 Å². The molecule has 0 unspecified atom stereocenters. The zero-order valence-corrected chi connectivity index (χ0v) is 26.5. The Morgan fingerprint density at radius 1 is 0.618 bits per heavy atom. The normalized spacial score (nSPS) is 8.35. The van der Waals surface area contributed by atoms with E-state index in [1.165, 1.54) is 11.1 Å². The Morgan fingerprint density at radius 3 is 1.06 bits per heavy atom. The molecule has 0 atom stereocenters. The Hall–Kier alpha value is 0.264. The van der Waals surface area contributed by atoms with Crippen molar-refractivity contribution in [3.8, 4) is 0 Å². The van der Waals surface area contributed by atoms with Crippen molar-refractivity contribution in [2.45, 2.75) is 13.1 Å². The third-order valence-electron chi connectivity index (χ3n) is 3.41. The first-order chi connectivity index (χ1) is 15.6. The number of hydrogen-bond donors (Lipinski definition) is 0. The van der Waals surface area contributed by atoms with Gasteiger partial charge < -0.3 is 58.3 Å². The second-order valence-electron chi connectivity index (χ2n) is 6.79. The van der Waals surface area contributed by atoms with Crippen LogP contribution < -0.4 is 0 Å². The molecule has 0 radical (unpaired) electrons. The Kier molecular flexibility index (Phi) is 40.5. The largest absolute Gasteiger partial charge is 2.00 e. The van der Waals surface area contributed by atoms with Crippen molar-refractivity contribution in [2.24, 2.45) is 0 Å². The molecular weight excluding hydrogens is 736 g/mol. The quantitative estimate of drug-likeness (QED) is 0.168. The maximum Gasteiger partial charge on any atom is 2.00 e. The van der Waals surface area contributed by atoms with Crippen LogP contribution in [-0.4, -0.2) is 38.0 Å². The molecule has 0 heterocycles. The van der Waals surface area contributed by atoms with Crippen molar-refractivity contribution in [1.82, 2.24) is 9.80 Å². The summed E-state index contributed by atoms with van der Waals surface area (Å²) in [6.45, 7) is 1.99. The molecule has 34 heavy (non-hydrogen) atoms. The van der Waals surface area contributed by atoms with Gasteiger partial charge in [-0.15, -0.1) is 0 Å². The molecule has 0 aliphatic heterocycles. The van der Waals surface area contributed by atoms with Gasteiger partial charge in [-0.1, -0.05) is 0 Å². The van der Waals surface area contributed by atoms with Crippen molar-refractivity contribution in [2.75, 3.05) is 28.2 Å². The molecule has 0 bridgehead atoms. The van der Waals surface area contributed by atoms with Crippen molar-refractivity contribution in [3.05, 3.63) is 120 Å². The second kappa shape index (κ2) is 33.3. The maximum absolute atomic E-state index is 4.49. The molecule has 4 aromatic carbocycles. The molecular formula is C26H32Cl2Fe2N2Pd2. The van der Waals surface area contributed by atoms with Crippen molar-refractivity contribution < 1.29 is 70.5 Å². The van der Waals surface area contributed by atoms with Crippen LogP contribution in [0.5, 0.6) is 0 Å². The summed E-state index contributed by atoms with van der Waals surface area (Å²) < 4.78 is 0. The standard InChI is InChI=1S/2C8H11N.2C5H5.2ClH.2Fe.2Pd/c2*1-9(2)7-8-5-3-4-6-8;2*1-2-4-5-3-1;;;;;;/h2*3-5H,7H2,1-2H3;2*1-5H;2*1H;;;;/q2*-2;2*-1;;;4*+2/p-2. The Labute approximate surface area is 258 Å². The fraction of sp³-hybridized carbons (Fsp3) is 0.231. The van der Waals surface area contributed by atoms with Gasteiger partial charge in [0.1, 0.15) is 0 Å². The zero-order valence-electron chi connectivity index (χ0n) is 19.6. The topological polar surface area (TPSA) is 6.48 Å². The van der Waals surface area contributed by atoms with Crippen LogP contribution in [0.4, 0.5) is 0 Å². The smallest absolute Gasteiger partial charge is 0.214 e. The summed E-state index contributed by atoms with van der Waals surface area (Å²) in [5.41, 5.74) is 2.53. The number of halogens is 2. The summed E-state index contributed by atoms with van der Waals surface area (Å²) in [6.07, 6.45) is 0. The van der Waals surface area contributed by atoms with E-state index in [0.717, 1.165) is 13.1 Å². The van der Waals surface area contributed by atoms with Gasteiger partial charge in [0.2, 0.25) is 0 Å². The second-order valence-corrected chi connectivity index (χ2v) is 6.79. The van der Waals surface area contributed by atoms with Gasteiger partial charge in [-0.3, -0.25) is 11.1 Å². The predicted octanol–water partition coefficient (Wildman–Crippen LogP) is 6.71. The van der Waals surface area contributed by atoms with E-state index in [-0.39, 0.29) is 34.1 Å². The molecule has 0 saturated heterocycles. The summed E-state index contributed by atoms with van der Waals surface area (Å²) in [6, 6.07) is 38.3. The summed E-state index contributed by atoms with van der Waals surface area (Å²) >= 11 is 4.44. The van der Waals surface area contributed by atoms with E-state index >= 15 is 0 Å². The van der Waals surface area contributed by atoms with Gasteiger partial charge in [0.25, 0.3) is 0 Å². The average molecular weight is 768 g/mol. The van der Waals surface area contributed by atoms with Crippen LogP contribution in [0.15, 0.2) is 97.1 Å². The first-order valence-electron chi connectivity index (χ1n) is 9.69. The predicted molar refractivity (Wildman–Crippen MR) is 132 cm³/mol. The average Bonchev–Trinajstić information content (AvgIpc) is 3.62. The Balaban J connectivity index is -0.000000169. The van der Waals surface area contributed by atoms with Crippen LogP contribution in [0.1, 0.15) is 11.1 Å². The molecule has 196 valence electrons. The van der Waals surface area contributed by atoms with Crippen molar-refractivity contribution in [1.29, 1.82) is 0 Å². The first-order valence-corrected chi connectivity index (χ1v) is 13.7. The van der Waals surface area contributed by atoms with E-state index in [9.17, 15) is 0 Å². The fourth-order valence-electron chi connectivity index (χ4n) is 2.25. The van der Waals surface area contributed by atoms with Gasteiger partial charge in [-0.2, -0.15) is 36.4 Å². The van der Waals surface area contributed by atoms with Crippen LogP contribution in [0.3, 0.4) is 0 Å². The van der Waals surface area contributed by atoms with Crippen molar-refractivity contribution in [3.63, 3.8) is 0 Å². The minimum Gasteiger partial charge on any atom is -0.214 e. The Morgan fingerprint density at radius 2 is 0.912 bits per heavy atom. The van der Waals surface area contributed by atoms with Crippen LogP contribution in [-0.2, 0) is 83.6 Å². The van der Waals surface area contributed by atoms with E-state index < -0.39 is 0 Å². The minimum atomic E-state index is 0. The molecule has 0 aliphatic carbocycles. The summed E-state index contributed by atoms with van der Waals surface area (Å²) in [4.78, 5) is 4.26. The number of hydrogen-bond acceptors (Lipinski definition) is 2. The van der Waals surface area contributed by atoms with Crippen LogP contribution in [0, 0.1) is 12.1 Å². The molecule has 0 amide bonds. The molecule has 8 heteroatoms. The molecule has 0 N–H and O–H groups in total. The van der Waals surface area contributed by atoms with Gasteiger partial charge in [-0.25, -0.2) is 24.3 Å². The molecule has 0 spiro atoms. The Bertz CT molecular complexity index is 644. The molecule has 0 aliphatic rings. The maximum atomic E-state index is 4.49. The first kappa shape index (κ1) is 41.4. The van der Waals surface area contributed by atoms with Gasteiger partial charge in [0.15, 0.2) is 0 Å². The third kappa shape index (κ3) is 30.3. The molecule has 4 aromatic rings. The van der Waals surface area contributed by atoms with Crippen LogP contribution >= 0.6 is 19.1 Å². The molecule has 0 aromatic heterocycles. The number of rotatable bonds is 4. The van der Waals surface area contributed by atoms with Crippen LogP contribution in [0.2, 0.25) is 0 Å². The van der Waals surface area contributed by atoms with E-state index in [1.807, 2.05) is 84.9 Å². The summed E-state index contributed by atoms with van der Waals surface area (Å²) in [7, 11) is 17.2. The molecule has 2 nitrogen and oxygen atoms in total. The van der Waals surface area contributed by atoms with E-state index in [1.54, 1.807) is 0 Å². The summed E-state index contributed by atoms with van der Waals surface area (Å²) in [5, 5.41) is 0. The monoisotopic (exact) mass is 766 g/mol. The van der Waals surface area contributed by atoms with E-state index in [4.69, 9.17) is 0 Å². The third-order valence-corrected chi connectivity index (χ3v) is 3.41. The molecule has 0 fully saturated rings. The van der Waals surface area contributed by atoms with E-state index in [0.29, 0.717) is 0 Å². The van der Waals surface area contributed by atoms with E-state index in [2.05, 4.69) is 118 Å². The molecule has 4 rings (SSSR count). The van der Waals surface area contributed by atoms with Crippen LogP contribution in [0.25, 0.3) is 0 Å². The van der Waals surface area contributed by atoms with Gasteiger partial charge >= 0.3 is 89.6 Å². The SMILES string of the molecule is CN(C)Cc1[c-]c[cH-]c1.CN(C)Cc1[c-]c[cH-]c1.[Cl][Pd+].[Cl][Pd+].[Fe+2].[Fe+2].c1cc[cH-]c1.c1cc[cH-]c1. The molecule has 0 saturated carbocycles.